The van der Waals surface area contributed by atoms with Gasteiger partial charge in [-0.1, -0.05) is 12.1 Å². The van der Waals surface area contributed by atoms with Crippen LogP contribution in [0.1, 0.15) is 12.0 Å². The number of nitrogens with zero attached hydrogens (tertiary/aromatic N) is 3. The number of rotatable bonds is 7. The zero-order valence-corrected chi connectivity index (χ0v) is 12.9. The third-order valence-corrected chi connectivity index (χ3v) is 2.65. The molecule has 0 unspecified atom stereocenters. The molecular formula is C15H23N5O. The number of aliphatic imine (C=N–C) groups is 1. The highest BCUT2D eigenvalue weighted by Gasteiger charge is 1.99. The molecule has 0 fully saturated rings. The lowest BCUT2D eigenvalue weighted by Crippen LogP contribution is -2.31. The Morgan fingerprint density at radius 2 is 2.24 bits per heavy atom. The summed E-state index contributed by atoms with van der Waals surface area (Å²) in [5, 5.41) is 13.8. The molecule has 1 rings (SSSR count). The van der Waals surface area contributed by atoms with Crippen molar-refractivity contribution in [3.8, 4) is 11.9 Å². The second-order valence-corrected chi connectivity index (χ2v) is 4.80. The molecule has 0 amide bonds. The van der Waals surface area contributed by atoms with Gasteiger partial charge in [0, 0.05) is 26.6 Å². The Bertz CT molecular complexity index is 493. The van der Waals surface area contributed by atoms with Crippen molar-refractivity contribution >= 4 is 5.96 Å². The zero-order chi connectivity index (χ0) is 15.5. The molecular weight excluding hydrogens is 266 g/mol. The van der Waals surface area contributed by atoms with Gasteiger partial charge in [0.25, 0.3) is 0 Å². The third kappa shape index (κ3) is 7.18. The topological polar surface area (TPSA) is 72.7 Å². The van der Waals surface area contributed by atoms with Crippen LogP contribution in [0.5, 0.6) is 5.75 Å². The van der Waals surface area contributed by atoms with E-state index in [4.69, 9.17) is 10.00 Å². The number of nitrogens with one attached hydrogen (secondary N) is 2. The Hall–Kier alpha value is -2.26. The Balaban J connectivity index is 2.34. The summed E-state index contributed by atoms with van der Waals surface area (Å²) >= 11 is 0. The fourth-order valence-electron chi connectivity index (χ4n) is 1.78. The van der Waals surface area contributed by atoms with Crippen molar-refractivity contribution in [2.45, 2.75) is 13.0 Å². The van der Waals surface area contributed by atoms with Crippen LogP contribution >= 0.6 is 0 Å². The van der Waals surface area contributed by atoms with Crippen molar-refractivity contribution < 1.29 is 4.74 Å². The Morgan fingerprint density at radius 1 is 1.43 bits per heavy atom. The van der Waals surface area contributed by atoms with E-state index >= 15 is 0 Å². The van der Waals surface area contributed by atoms with Crippen molar-refractivity contribution in [2.75, 3.05) is 34.3 Å². The minimum Gasteiger partial charge on any atom is -0.494 e. The molecule has 1 aromatic rings. The summed E-state index contributed by atoms with van der Waals surface area (Å²) in [6.45, 7) is 2.09. The van der Waals surface area contributed by atoms with E-state index in [-0.39, 0.29) is 0 Å². The van der Waals surface area contributed by atoms with E-state index in [1.165, 1.54) is 5.56 Å². The average molecular weight is 289 g/mol. The van der Waals surface area contributed by atoms with Crippen LogP contribution in [0, 0.1) is 11.5 Å². The molecule has 0 aliphatic heterocycles. The molecule has 0 aliphatic carbocycles. The maximum atomic E-state index is 8.50. The van der Waals surface area contributed by atoms with Gasteiger partial charge in [0.05, 0.1) is 6.61 Å². The van der Waals surface area contributed by atoms with Crippen LogP contribution < -0.4 is 15.4 Å². The summed E-state index contributed by atoms with van der Waals surface area (Å²) in [4.78, 5) is 6.33. The van der Waals surface area contributed by atoms with Crippen LogP contribution in [0.2, 0.25) is 0 Å². The minimum absolute atomic E-state index is 0.477. The largest absolute Gasteiger partial charge is 0.494 e. The van der Waals surface area contributed by atoms with Gasteiger partial charge >= 0.3 is 0 Å². The third-order valence-electron chi connectivity index (χ3n) is 2.65. The van der Waals surface area contributed by atoms with Crippen molar-refractivity contribution in [3.05, 3.63) is 29.8 Å². The number of guanidine groups is 1. The van der Waals surface area contributed by atoms with E-state index in [2.05, 4.69) is 32.7 Å². The van der Waals surface area contributed by atoms with Gasteiger partial charge in [-0.25, -0.2) is 0 Å². The summed E-state index contributed by atoms with van der Waals surface area (Å²) in [6, 6.07) is 8.10. The fourth-order valence-corrected chi connectivity index (χ4v) is 1.78. The first kappa shape index (κ1) is 16.8. The van der Waals surface area contributed by atoms with Gasteiger partial charge in [-0.3, -0.25) is 10.3 Å². The fraction of sp³-hybridized carbons (Fsp3) is 0.467. The summed E-state index contributed by atoms with van der Waals surface area (Å²) in [5.74, 6) is 1.35. The lowest BCUT2D eigenvalue weighted by molar-refractivity contribution is 0.312. The van der Waals surface area contributed by atoms with Crippen LogP contribution in [-0.4, -0.2) is 45.2 Å². The lowest BCUT2D eigenvalue weighted by atomic mass is 10.2. The van der Waals surface area contributed by atoms with E-state index in [1.54, 1.807) is 7.05 Å². The van der Waals surface area contributed by atoms with Gasteiger partial charge in [0.15, 0.2) is 6.19 Å². The maximum absolute atomic E-state index is 8.50. The van der Waals surface area contributed by atoms with Crippen molar-refractivity contribution in [2.24, 2.45) is 4.99 Å². The van der Waals surface area contributed by atoms with Crippen molar-refractivity contribution in [3.63, 3.8) is 0 Å². The van der Waals surface area contributed by atoms with E-state index in [0.717, 1.165) is 18.7 Å². The predicted molar refractivity (Wildman–Crippen MR) is 84.1 cm³/mol. The van der Waals surface area contributed by atoms with E-state index in [0.29, 0.717) is 19.1 Å². The SMILES string of the molecule is CN/C(=N/CCCOc1cccc(CN(C)C)c1)NC#N. The molecule has 2 N–H and O–H groups in total. The second kappa shape index (κ2) is 9.61. The van der Waals surface area contributed by atoms with Crippen LogP contribution in [0.3, 0.4) is 0 Å². The van der Waals surface area contributed by atoms with E-state index < -0.39 is 0 Å². The Kier molecular flexibility index (Phi) is 7.69. The second-order valence-electron chi connectivity index (χ2n) is 4.80. The highest BCUT2D eigenvalue weighted by Crippen LogP contribution is 2.14. The summed E-state index contributed by atoms with van der Waals surface area (Å²) < 4.78 is 5.71. The number of benzene rings is 1. The number of nitriles is 1. The van der Waals surface area contributed by atoms with E-state index in [1.807, 2.05) is 32.4 Å². The molecule has 6 nitrogen and oxygen atoms in total. The Labute approximate surface area is 126 Å². The van der Waals surface area contributed by atoms with Gasteiger partial charge in [-0.15, -0.1) is 0 Å². The predicted octanol–water partition coefficient (Wildman–Crippen LogP) is 1.16. The first-order valence-electron chi connectivity index (χ1n) is 6.89. The van der Waals surface area contributed by atoms with Crippen LogP contribution in [-0.2, 0) is 6.54 Å². The Morgan fingerprint density at radius 3 is 2.90 bits per heavy atom. The molecule has 1 aromatic carbocycles. The van der Waals surface area contributed by atoms with Gasteiger partial charge in [-0.05, 0) is 31.8 Å². The number of hydrogen-bond acceptors (Lipinski definition) is 4. The standard InChI is InChI=1S/C15H23N5O/c1-17-15(19-12-16)18-8-5-9-21-14-7-4-6-13(10-14)11-20(2)3/h4,6-7,10H,5,8-9,11H2,1-3H3,(H2,17,18,19). The van der Waals surface area contributed by atoms with Crippen LogP contribution in [0.15, 0.2) is 29.3 Å². The molecule has 0 aromatic heterocycles. The van der Waals surface area contributed by atoms with Crippen LogP contribution in [0.4, 0.5) is 0 Å². The summed E-state index contributed by atoms with van der Waals surface area (Å²) in [7, 11) is 5.80. The quantitative estimate of drug-likeness (QED) is 0.259. The first-order chi connectivity index (χ1) is 10.2. The van der Waals surface area contributed by atoms with Gasteiger partial charge in [-0.2, -0.15) is 5.26 Å². The molecule has 0 saturated carbocycles. The highest BCUT2D eigenvalue weighted by molar-refractivity contribution is 5.80. The molecule has 21 heavy (non-hydrogen) atoms. The van der Waals surface area contributed by atoms with Gasteiger partial charge in [0.2, 0.25) is 5.96 Å². The monoisotopic (exact) mass is 289 g/mol. The molecule has 0 aliphatic rings. The average Bonchev–Trinajstić information content (AvgIpc) is 2.45. The smallest absolute Gasteiger partial charge is 0.204 e. The van der Waals surface area contributed by atoms with Gasteiger partial charge in [0.1, 0.15) is 5.75 Å². The summed E-state index contributed by atoms with van der Waals surface area (Å²) in [5.41, 5.74) is 1.23. The molecule has 0 spiro atoms. The highest BCUT2D eigenvalue weighted by atomic mass is 16.5. The summed E-state index contributed by atoms with van der Waals surface area (Å²) in [6.07, 6.45) is 2.62. The number of ether oxygens (including phenoxy) is 1. The molecule has 0 atom stereocenters. The minimum atomic E-state index is 0.477. The molecule has 0 bridgehead atoms. The number of hydrogen-bond donors (Lipinski definition) is 2. The van der Waals surface area contributed by atoms with Crippen LogP contribution in [0.25, 0.3) is 0 Å². The maximum Gasteiger partial charge on any atom is 0.204 e. The van der Waals surface area contributed by atoms with E-state index in [9.17, 15) is 0 Å². The molecule has 6 heteroatoms. The van der Waals surface area contributed by atoms with Gasteiger partial charge < -0.3 is 15.0 Å². The molecule has 0 saturated heterocycles. The molecule has 114 valence electrons. The van der Waals surface area contributed by atoms with Crippen molar-refractivity contribution in [1.82, 2.24) is 15.5 Å². The zero-order valence-electron chi connectivity index (χ0n) is 12.9. The lowest BCUT2D eigenvalue weighted by Gasteiger charge is -2.11. The normalized spacial score (nSPS) is 11.1. The first-order valence-corrected chi connectivity index (χ1v) is 6.89. The molecule has 0 heterocycles. The molecule has 0 radical (unpaired) electrons. The van der Waals surface area contributed by atoms with Crippen molar-refractivity contribution in [1.29, 1.82) is 5.26 Å².